The highest BCUT2D eigenvalue weighted by Gasteiger charge is 2.49. The van der Waals surface area contributed by atoms with Crippen LogP contribution in [0.1, 0.15) is 39.0 Å². The van der Waals surface area contributed by atoms with E-state index in [9.17, 15) is 19.5 Å². The molecule has 0 rings (SSSR count). The van der Waals surface area contributed by atoms with Crippen molar-refractivity contribution < 1.29 is 43.9 Å². The number of carbonyl (C=O) groups is 3. The molecule has 3 N–H and O–H groups in total. The van der Waals surface area contributed by atoms with Crippen molar-refractivity contribution in [1.29, 1.82) is 0 Å². The molecule has 24 heavy (non-hydrogen) atoms. The molecule has 0 fully saturated rings. The second-order valence-electron chi connectivity index (χ2n) is 5.04. The Bertz CT molecular complexity index is 396. The molecule has 0 aromatic heterocycles. The third-order valence-electron chi connectivity index (χ3n) is 2.99. The van der Waals surface area contributed by atoms with Gasteiger partial charge in [-0.3, -0.25) is 4.79 Å². The summed E-state index contributed by atoms with van der Waals surface area (Å²) >= 11 is 0. The molecule has 0 spiro atoms. The van der Waals surface area contributed by atoms with E-state index in [0.717, 1.165) is 19.3 Å². The zero-order valence-electron chi connectivity index (χ0n) is 13.9. The maximum atomic E-state index is 12.0. The Labute approximate surface area is 140 Å². The van der Waals surface area contributed by atoms with E-state index in [1.165, 1.54) is 0 Å². The first kappa shape index (κ1) is 22.3. The van der Waals surface area contributed by atoms with Crippen LogP contribution in [-0.2, 0) is 28.6 Å². The Morgan fingerprint density at radius 3 is 1.92 bits per heavy atom. The summed E-state index contributed by atoms with van der Waals surface area (Å²) in [6.07, 6.45) is 2.30. The maximum absolute atomic E-state index is 12.0. The average molecular weight is 350 g/mol. The highest BCUT2D eigenvalue weighted by Crippen LogP contribution is 2.17. The van der Waals surface area contributed by atoms with E-state index in [1.807, 2.05) is 6.92 Å². The van der Waals surface area contributed by atoms with Crippen molar-refractivity contribution in [3.05, 3.63) is 0 Å². The first-order valence-corrected chi connectivity index (χ1v) is 7.86. The molecule has 0 radical (unpaired) electrons. The molecule has 9 nitrogen and oxygen atoms in total. The van der Waals surface area contributed by atoms with Crippen molar-refractivity contribution in [2.45, 2.75) is 44.6 Å². The van der Waals surface area contributed by atoms with Crippen LogP contribution in [0.5, 0.6) is 0 Å². The van der Waals surface area contributed by atoms with Crippen molar-refractivity contribution in [3.63, 3.8) is 0 Å². The van der Waals surface area contributed by atoms with E-state index >= 15 is 0 Å². The Balaban J connectivity index is 4.79. The third kappa shape index (κ3) is 8.23. The van der Waals surface area contributed by atoms with Gasteiger partial charge in [0.25, 0.3) is 5.60 Å². The molecular formula is C15H26O9. The summed E-state index contributed by atoms with van der Waals surface area (Å²) in [5.41, 5.74) is -2.85. The molecule has 0 saturated heterocycles. The van der Waals surface area contributed by atoms with Gasteiger partial charge >= 0.3 is 17.9 Å². The van der Waals surface area contributed by atoms with Crippen LogP contribution in [0, 0.1) is 0 Å². The molecule has 0 saturated carbocycles. The molecule has 0 aromatic rings. The second-order valence-corrected chi connectivity index (χ2v) is 5.04. The van der Waals surface area contributed by atoms with Crippen molar-refractivity contribution in [2.75, 3.05) is 33.0 Å². The fraction of sp³-hybridized carbons (Fsp3) is 0.800. The summed E-state index contributed by atoms with van der Waals surface area (Å²) < 4.78 is 13.9. The molecule has 0 aliphatic heterocycles. The number of esters is 3. The van der Waals surface area contributed by atoms with Crippen LogP contribution in [0.4, 0.5) is 0 Å². The van der Waals surface area contributed by atoms with Gasteiger partial charge in [-0.1, -0.05) is 26.2 Å². The van der Waals surface area contributed by atoms with Crippen LogP contribution >= 0.6 is 0 Å². The van der Waals surface area contributed by atoms with Crippen LogP contribution in [0.25, 0.3) is 0 Å². The van der Waals surface area contributed by atoms with Crippen LogP contribution in [0.3, 0.4) is 0 Å². The standard InChI is InChI=1S/C15H26O9/c1-2-3-4-5-8-23-13(19)15(21,14(20)24-10-7-17)11-12(18)22-9-6-16/h16-17,21H,2-11H2,1H3. The van der Waals surface area contributed by atoms with E-state index in [-0.39, 0.29) is 13.2 Å². The van der Waals surface area contributed by atoms with E-state index < -0.39 is 49.8 Å². The minimum atomic E-state index is -2.85. The summed E-state index contributed by atoms with van der Waals surface area (Å²) in [5, 5.41) is 27.5. The number of hydrogen-bond acceptors (Lipinski definition) is 9. The van der Waals surface area contributed by atoms with E-state index in [0.29, 0.717) is 6.42 Å². The van der Waals surface area contributed by atoms with Crippen LogP contribution < -0.4 is 0 Å². The monoisotopic (exact) mass is 350 g/mol. The lowest BCUT2D eigenvalue weighted by atomic mass is 10.00. The average Bonchev–Trinajstić information content (AvgIpc) is 2.57. The maximum Gasteiger partial charge on any atom is 0.350 e. The fourth-order valence-corrected chi connectivity index (χ4v) is 1.72. The molecule has 0 aromatic carbocycles. The van der Waals surface area contributed by atoms with Gasteiger partial charge in [-0.15, -0.1) is 0 Å². The van der Waals surface area contributed by atoms with Gasteiger partial charge in [-0.05, 0) is 6.42 Å². The molecule has 0 bridgehead atoms. The summed E-state index contributed by atoms with van der Waals surface area (Å²) in [6.45, 7) is 0.257. The van der Waals surface area contributed by atoms with Gasteiger partial charge in [-0.2, -0.15) is 0 Å². The van der Waals surface area contributed by atoms with Crippen molar-refractivity contribution in [3.8, 4) is 0 Å². The smallest absolute Gasteiger partial charge is 0.350 e. The second kappa shape index (κ2) is 12.7. The normalized spacial score (nSPS) is 13.0. The first-order valence-electron chi connectivity index (χ1n) is 7.86. The van der Waals surface area contributed by atoms with Gasteiger partial charge in [0.2, 0.25) is 0 Å². The molecule has 0 amide bonds. The predicted octanol–water partition coefficient (Wildman–Crippen LogP) is -0.698. The molecule has 140 valence electrons. The molecule has 1 unspecified atom stereocenters. The Morgan fingerprint density at radius 1 is 0.833 bits per heavy atom. The van der Waals surface area contributed by atoms with E-state index in [1.54, 1.807) is 0 Å². The highest BCUT2D eigenvalue weighted by atomic mass is 16.6. The Kier molecular flexibility index (Phi) is 11.8. The summed E-state index contributed by atoms with van der Waals surface area (Å²) in [7, 11) is 0. The molecule has 9 heteroatoms. The number of hydrogen-bond donors (Lipinski definition) is 3. The van der Waals surface area contributed by atoms with Crippen molar-refractivity contribution in [1.82, 2.24) is 0 Å². The highest BCUT2D eigenvalue weighted by molar-refractivity contribution is 6.06. The van der Waals surface area contributed by atoms with E-state index in [4.69, 9.17) is 14.9 Å². The van der Waals surface area contributed by atoms with Crippen molar-refractivity contribution >= 4 is 17.9 Å². The number of ether oxygens (including phenoxy) is 3. The van der Waals surface area contributed by atoms with Gasteiger partial charge in [-0.25, -0.2) is 9.59 Å². The van der Waals surface area contributed by atoms with Gasteiger partial charge in [0, 0.05) is 0 Å². The lowest BCUT2D eigenvalue weighted by Gasteiger charge is -2.23. The van der Waals surface area contributed by atoms with Crippen LogP contribution in [0.2, 0.25) is 0 Å². The molecule has 0 aliphatic carbocycles. The number of carbonyl (C=O) groups excluding carboxylic acids is 3. The molecule has 1 atom stereocenters. The van der Waals surface area contributed by atoms with Crippen molar-refractivity contribution in [2.24, 2.45) is 0 Å². The van der Waals surface area contributed by atoms with Crippen LogP contribution in [0.15, 0.2) is 0 Å². The quantitative estimate of drug-likeness (QED) is 0.170. The molecule has 0 heterocycles. The molecule has 0 aliphatic rings. The van der Waals surface area contributed by atoms with Gasteiger partial charge in [0.15, 0.2) is 0 Å². The number of aliphatic hydroxyl groups excluding tert-OH is 2. The third-order valence-corrected chi connectivity index (χ3v) is 2.99. The van der Waals surface area contributed by atoms with Crippen LogP contribution in [-0.4, -0.2) is 71.9 Å². The fourth-order valence-electron chi connectivity index (χ4n) is 1.72. The minimum Gasteiger partial charge on any atom is -0.463 e. The topological polar surface area (TPSA) is 140 Å². The predicted molar refractivity (Wildman–Crippen MR) is 80.8 cm³/mol. The summed E-state index contributed by atoms with van der Waals surface area (Å²) in [6, 6.07) is 0. The zero-order chi connectivity index (χ0) is 18.4. The molecular weight excluding hydrogens is 324 g/mol. The summed E-state index contributed by atoms with van der Waals surface area (Å²) in [4.78, 5) is 35.4. The Hall–Kier alpha value is -1.71. The SMILES string of the molecule is CCCCCCOC(=O)C(O)(CC(=O)OCCO)C(=O)OCCO. The minimum absolute atomic E-state index is 0.0138. The first-order chi connectivity index (χ1) is 11.4. The lowest BCUT2D eigenvalue weighted by Crippen LogP contribution is -2.51. The number of aliphatic hydroxyl groups is 3. The lowest BCUT2D eigenvalue weighted by molar-refractivity contribution is -0.189. The van der Waals surface area contributed by atoms with Gasteiger partial charge < -0.3 is 29.5 Å². The largest absolute Gasteiger partial charge is 0.463 e. The Morgan fingerprint density at radius 2 is 1.38 bits per heavy atom. The van der Waals surface area contributed by atoms with Gasteiger partial charge in [0.05, 0.1) is 26.2 Å². The van der Waals surface area contributed by atoms with E-state index in [2.05, 4.69) is 9.47 Å². The zero-order valence-corrected chi connectivity index (χ0v) is 13.9. The number of unbranched alkanes of at least 4 members (excludes halogenated alkanes) is 3. The summed E-state index contributed by atoms with van der Waals surface area (Å²) in [5.74, 6) is -3.80. The number of rotatable bonds is 13. The van der Waals surface area contributed by atoms with Gasteiger partial charge in [0.1, 0.15) is 13.2 Å².